The van der Waals surface area contributed by atoms with E-state index < -0.39 is 11.6 Å². The minimum absolute atomic E-state index is 0.143. The lowest BCUT2D eigenvalue weighted by Gasteiger charge is -2.31. The topological polar surface area (TPSA) is 78.5 Å². The lowest BCUT2D eigenvalue weighted by Crippen LogP contribution is -2.48. The fourth-order valence-corrected chi connectivity index (χ4v) is 5.61. The van der Waals surface area contributed by atoms with Gasteiger partial charge < -0.3 is 10.6 Å². The Kier molecular flexibility index (Phi) is 4.50. The maximum atomic E-state index is 13.1. The Morgan fingerprint density at radius 2 is 2.15 bits per heavy atom. The van der Waals surface area contributed by atoms with Crippen LogP contribution in [0, 0.1) is 5.92 Å². The molecule has 0 unspecified atom stereocenters. The quantitative estimate of drug-likeness (QED) is 0.797. The average Bonchev–Trinajstić information content (AvgIpc) is 3.18. The molecule has 4 amide bonds. The predicted molar refractivity (Wildman–Crippen MR) is 98.7 cm³/mol. The Labute approximate surface area is 157 Å². The Balaban J connectivity index is 1.48. The van der Waals surface area contributed by atoms with Crippen molar-refractivity contribution in [1.29, 1.82) is 0 Å². The number of aryl methyl sites for hydroxylation is 1. The summed E-state index contributed by atoms with van der Waals surface area (Å²) in [7, 11) is 0. The van der Waals surface area contributed by atoms with Gasteiger partial charge in [-0.25, -0.2) is 4.79 Å². The van der Waals surface area contributed by atoms with Crippen molar-refractivity contribution in [1.82, 2.24) is 15.5 Å². The van der Waals surface area contributed by atoms with Gasteiger partial charge in [-0.05, 0) is 49.5 Å². The van der Waals surface area contributed by atoms with Crippen LogP contribution in [0.4, 0.5) is 4.79 Å². The molecular formula is C19H25N3O3S. The Hall–Kier alpha value is -1.89. The van der Waals surface area contributed by atoms with Crippen molar-refractivity contribution in [2.24, 2.45) is 5.92 Å². The van der Waals surface area contributed by atoms with Gasteiger partial charge in [0.15, 0.2) is 0 Å². The third-order valence-electron chi connectivity index (χ3n) is 6.10. The van der Waals surface area contributed by atoms with Crippen LogP contribution in [0.1, 0.15) is 55.9 Å². The minimum Gasteiger partial charge on any atom is -0.352 e. The van der Waals surface area contributed by atoms with Crippen molar-refractivity contribution in [3.8, 4) is 0 Å². The first-order valence-corrected chi connectivity index (χ1v) is 10.4. The van der Waals surface area contributed by atoms with Crippen LogP contribution in [-0.2, 0) is 21.5 Å². The number of carbonyl (C=O) groups excluding carboxylic acids is 3. The normalized spacial score (nSPS) is 31.0. The molecular weight excluding hydrogens is 350 g/mol. The number of amides is 4. The second kappa shape index (κ2) is 6.68. The molecule has 0 radical (unpaired) electrons. The average molecular weight is 375 g/mol. The van der Waals surface area contributed by atoms with Gasteiger partial charge in [0, 0.05) is 16.5 Å². The van der Waals surface area contributed by atoms with E-state index in [9.17, 15) is 14.4 Å². The highest BCUT2D eigenvalue weighted by molar-refractivity contribution is 7.10. The zero-order valence-electron chi connectivity index (χ0n) is 15.0. The fraction of sp³-hybridized carbons (Fsp3) is 0.632. The first kappa shape index (κ1) is 17.5. The molecule has 1 saturated carbocycles. The summed E-state index contributed by atoms with van der Waals surface area (Å²) in [5.74, 6) is -0.0896. The number of nitrogens with zero attached hydrogens (tertiary/aromatic N) is 1. The monoisotopic (exact) mass is 375 g/mol. The van der Waals surface area contributed by atoms with Crippen molar-refractivity contribution in [2.75, 3.05) is 6.54 Å². The number of urea groups is 1. The van der Waals surface area contributed by atoms with E-state index in [0.29, 0.717) is 12.3 Å². The number of carbonyl (C=O) groups is 3. The van der Waals surface area contributed by atoms with Gasteiger partial charge in [-0.1, -0.05) is 19.8 Å². The first-order valence-electron chi connectivity index (χ1n) is 9.51. The predicted octanol–water partition coefficient (Wildman–Crippen LogP) is 2.53. The van der Waals surface area contributed by atoms with E-state index in [0.717, 1.165) is 47.4 Å². The Bertz CT molecular complexity index is 746. The van der Waals surface area contributed by atoms with Crippen LogP contribution in [0.5, 0.6) is 0 Å². The molecule has 3 atom stereocenters. The van der Waals surface area contributed by atoms with Crippen LogP contribution in [0.25, 0.3) is 0 Å². The molecule has 1 spiro atoms. The van der Waals surface area contributed by atoms with Crippen LogP contribution < -0.4 is 10.6 Å². The lowest BCUT2D eigenvalue weighted by atomic mass is 9.80. The number of hydrogen-bond donors (Lipinski definition) is 2. The highest BCUT2D eigenvalue weighted by Gasteiger charge is 2.54. The van der Waals surface area contributed by atoms with Gasteiger partial charge in [0.1, 0.15) is 12.1 Å². The maximum absolute atomic E-state index is 13.1. The van der Waals surface area contributed by atoms with Crippen LogP contribution in [-0.4, -0.2) is 35.3 Å². The summed E-state index contributed by atoms with van der Waals surface area (Å²) in [5, 5.41) is 7.89. The van der Waals surface area contributed by atoms with Gasteiger partial charge in [-0.2, -0.15) is 0 Å². The standard InChI is InChI=1S/C19H25N3O3S/c1-12-5-2-3-6-14(12)20-16(23)11-22-17(24)19(21-18(22)25)9-4-7-15-13(19)8-10-26-15/h8,10,12,14H,2-7,9,11H2,1H3,(H,20,23)(H,21,25)/t12-,14+,19+/m1/s1. The van der Waals surface area contributed by atoms with Crippen molar-refractivity contribution >= 4 is 29.2 Å². The summed E-state index contributed by atoms with van der Waals surface area (Å²) >= 11 is 1.63. The molecule has 2 heterocycles. The smallest absolute Gasteiger partial charge is 0.325 e. The molecule has 0 aromatic carbocycles. The largest absolute Gasteiger partial charge is 0.352 e. The summed E-state index contributed by atoms with van der Waals surface area (Å²) in [6.45, 7) is 1.95. The van der Waals surface area contributed by atoms with E-state index in [1.165, 1.54) is 6.42 Å². The molecule has 0 bridgehead atoms. The summed E-state index contributed by atoms with van der Waals surface area (Å²) < 4.78 is 0. The van der Waals surface area contributed by atoms with Crippen LogP contribution >= 0.6 is 11.3 Å². The molecule has 1 aromatic rings. The second-order valence-corrected chi connectivity index (χ2v) is 8.77. The molecule has 1 saturated heterocycles. The molecule has 1 aliphatic heterocycles. The molecule has 4 rings (SSSR count). The van der Waals surface area contributed by atoms with E-state index in [2.05, 4.69) is 17.6 Å². The molecule has 2 aliphatic carbocycles. The van der Waals surface area contributed by atoms with Gasteiger partial charge in [0.05, 0.1) is 0 Å². The van der Waals surface area contributed by atoms with E-state index >= 15 is 0 Å². The van der Waals surface area contributed by atoms with E-state index in [-0.39, 0.29) is 24.4 Å². The van der Waals surface area contributed by atoms with Gasteiger partial charge in [0.25, 0.3) is 5.91 Å². The summed E-state index contributed by atoms with van der Waals surface area (Å²) in [6.07, 6.45) is 6.79. The highest BCUT2D eigenvalue weighted by Crippen LogP contribution is 2.42. The van der Waals surface area contributed by atoms with Crippen LogP contribution in [0.2, 0.25) is 0 Å². The summed E-state index contributed by atoms with van der Waals surface area (Å²) in [4.78, 5) is 40.4. The maximum Gasteiger partial charge on any atom is 0.325 e. The number of hydrogen-bond acceptors (Lipinski definition) is 4. The molecule has 2 fully saturated rings. The Morgan fingerprint density at radius 1 is 1.35 bits per heavy atom. The summed E-state index contributed by atoms with van der Waals surface area (Å²) in [6, 6.07) is 1.62. The molecule has 6 nitrogen and oxygen atoms in total. The third kappa shape index (κ3) is 2.82. The van der Waals surface area contributed by atoms with Gasteiger partial charge in [-0.3, -0.25) is 14.5 Å². The zero-order valence-corrected chi connectivity index (χ0v) is 15.9. The fourth-order valence-electron chi connectivity index (χ4n) is 4.61. The van der Waals surface area contributed by atoms with Gasteiger partial charge >= 0.3 is 6.03 Å². The second-order valence-electron chi connectivity index (χ2n) is 7.77. The van der Waals surface area contributed by atoms with Crippen LogP contribution in [0.15, 0.2) is 11.4 Å². The number of rotatable bonds is 3. The Morgan fingerprint density at radius 3 is 2.96 bits per heavy atom. The van der Waals surface area contributed by atoms with E-state index in [4.69, 9.17) is 0 Å². The number of fused-ring (bicyclic) bond motifs is 2. The summed E-state index contributed by atoms with van der Waals surface area (Å²) in [5.41, 5.74) is -0.0563. The number of imide groups is 1. The third-order valence-corrected chi connectivity index (χ3v) is 7.08. The molecule has 1 aromatic heterocycles. The lowest BCUT2D eigenvalue weighted by molar-refractivity contribution is -0.136. The van der Waals surface area contributed by atoms with Crippen molar-refractivity contribution < 1.29 is 14.4 Å². The highest BCUT2D eigenvalue weighted by atomic mass is 32.1. The SMILES string of the molecule is C[C@@H]1CCCC[C@@H]1NC(=O)CN1C(=O)N[C@]2(CCCc3sccc32)C1=O. The molecule has 3 aliphatic rings. The minimum atomic E-state index is -0.969. The first-order chi connectivity index (χ1) is 12.5. The zero-order chi connectivity index (χ0) is 18.3. The molecule has 7 heteroatoms. The number of nitrogens with one attached hydrogen (secondary N) is 2. The van der Waals surface area contributed by atoms with E-state index in [1.54, 1.807) is 11.3 Å². The van der Waals surface area contributed by atoms with Crippen LogP contribution in [0.3, 0.4) is 0 Å². The number of thiophene rings is 1. The molecule has 2 N–H and O–H groups in total. The molecule has 140 valence electrons. The molecule has 26 heavy (non-hydrogen) atoms. The van der Waals surface area contributed by atoms with Crippen molar-refractivity contribution in [2.45, 2.75) is 63.5 Å². The van der Waals surface area contributed by atoms with Crippen molar-refractivity contribution in [3.05, 3.63) is 21.9 Å². The van der Waals surface area contributed by atoms with Gasteiger partial charge in [-0.15, -0.1) is 11.3 Å². The van der Waals surface area contributed by atoms with Crippen molar-refractivity contribution in [3.63, 3.8) is 0 Å². The van der Waals surface area contributed by atoms with E-state index in [1.807, 2.05) is 11.4 Å². The van der Waals surface area contributed by atoms with Gasteiger partial charge in [0.2, 0.25) is 5.91 Å².